The average Bonchev–Trinajstić information content (AvgIpc) is 3.25. The number of carbonyl (C=O) groups excluding carboxylic acids is 2. The summed E-state index contributed by atoms with van der Waals surface area (Å²) in [6.07, 6.45) is -3.99. The molecular formula is C27H42N2O8S. The standard InChI is InChI=1S/C27H42N2O8S/c1-5-8-17-13-19(29(4)14-17)25(34)28-20(16(3)30)24-22(32)21(31)23(33)27(37-24)38-12-11-36-26(35)18-10-7-6-9-15(18)2/h6-7,9-10,16-17,19-24,27,30-33H,5,8,11-14H2,1-4H3,(H,28,34)/t16-,17-,19+,20-,21+,22-,23-,24-,27-/m1/s1. The predicted octanol–water partition coefficient (Wildman–Crippen LogP) is 0.679. The molecule has 0 aromatic heterocycles. The summed E-state index contributed by atoms with van der Waals surface area (Å²) in [6, 6.07) is 5.70. The fraction of sp³-hybridized carbons (Fsp3) is 0.704. The fourth-order valence-electron chi connectivity index (χ4n) is 5.25. The molecule has 3 rings (SSSR count). The summed E-state index contributed by atoms with van der Waals surface area (Å²) >= 11 is 1.11. The van der Waals surface area contributed by atoms with Crippen LogP contribution in [0.15, 0.2) is 24.3 Å². The van der Waals surface area contributed by atoms with E-state index in [-0.39, 0.29) is 24.3 Å². The number of thioether (sulfide) groups is 1. The molecule has 1 aromatic carbocycles. The van der Waals surface area contributed by atoms with E-state index in [2.05, 4.69) is 12.2 Å². The third-order valence-corrected chi connectivity index (χ3v) is 8.51. The number of likely N-dealkylation sites (tertiary alicyclic amines) is 1. The van der Waals surface area contributed by atoms with E-state index in [9.17, 15) is 30.0 Å². The maximum absolute atomic E-state index is 13.1. The number of likely N-dealkylation sites (N-methyl/N-ethyl adjacent to an activating group) is 1. The Morgan fingerprint density at radius 2 is 1.92 bits per heavy atom. The highest BCUT2D eigenvalue weighted by Gasteiger charge is 2.48. The lowest BCUT2D eigenvalue weighted by molar-refractivity contribution is -0.211. The van der Waals surface area contributed by atoms with Crippen LogP contribution in [0, 0.1) is 12.8 Å². The number of nitrogens with zero attached hydrogens (tertiary/aromatic N) is 1. The number of aliphatic hydroxyl groups excluding tert-OH is 4. The number of carbonyl (C=O) groups is 2. The summed E-state index contributed by atoms with van der Waals surface area (Å²) in [5, 5.41) is 45.1. The molecule has 10 nitrogen and oxygen atoms in total. The zero-order valence-electron chi connectivity index (χ0n) is 22.5. The molecule has 11 heteroatoms. The third kappa shape index (κ3) is 7.47. The molecule has 2 saturated heterocycles. The van der Waals surface area contributed by atoms with Crippen molar-refractivity contribution >= 4 is 23.6 Å². The van der Waals surface area contributed by atoms with E-state index in [1.54, 1.807) is 12.1 Å². The summed E-state index contributed by atoms with van der Waals surface area (Å²) in [7, 11) is 1.89. The number of aryl methyl sites for hydroxylation is 1. The Labute approximate surface area is 228 Å². The topological polar surface area (TPSA) is 149 Å². The zero-order valence-corrected chi connectivity index (χ0v) is 23.3. The molecule has 2 heterocycles. The lowest BCUT2D eigenvalue weighted by atomic mass is 9.92. The largest absolute Gasteiger partial charge is 0.461 e. The quantitative estimate of drug-likeness (QED) is 0.195. The maximum atomic E-state index is 13.1. The van der Waals surface area contributed by atoms with Crippen LogP contribution in [0.5, 0.6) is 0 Å². The Morgan fingerprint density at radius 1 is 1.21 bits per heavy atom. The normalized spacial score (nSPS) is 31.5. The second-order valence-corrected chi connectivity index (χ2v) is 11.6. The van der Waals surface area contributed by atoms with Gasteiger partial charge in [0.15, 0.2) is 0 Å². The first kappa shape index (κ1) is 30.8. The lowest BCUT2D eigenvalue weighted by Gasteiger charge is -2.44. The molecule has 0 radical (unpaired) electrons. The highest BCUT2D eigenvalue weighted by molar-refractivity contribution is 7.99. The molecule has 0 saturated carbocycles. The van der Waals surface area contributed by atoms with E-state index < -0.39 is 48.0 Å². The van der Waals surface area contributed by atoms with E-state index in [0.29, 0.717) is 17.9 Å². The number of benzene rings is 1. The van der Waals surface area contributed by atoms with Gasteiger partial charge < -0.3 is 35.2 Å². The number of amides is 1. The molecule has 5 N–H and O–H groups in total. The lowest BCUT2D eigenvalue weighted by Crippen LogP contribution is -2.65. The Bertz CT molecular complexity index is 934. The molecule has 0 bridgehead atoms. The first-order valence-electron chi connectivity index (χ1n) is 13.3. The summed E-state index contributed by atoms with van der Waals surface area (Å²) in [5.74, 6) is -0.0653. The van der Waals surface area contributed by atoms with Crippen molar-refractivity contribution in [1.29, 1.82) is 0 Å². The second kappa shape index (κ2) is 14.1. The van der Waals surface area contributed by atoms with Gasteiger partial charge in [0.25, 0.3) is 0 Å². The molecule has 2 aliphatic rings. The van der Waals surface area contributed by atoms with Crippen molar-refractivity contribution in [2.45, 2.75) is 88.1 Å². The molecule has 0 unspecified atom stereocenters. The fourth-order valence-corrected chi connectivity index (χ4v) is 6.23. The zero-order chi connectivity index (χ0) is 28.0. The molecule has 2 fully saturated rings. The van der Waals surface area contributed by atoms with Gasteiger partial charge in [-0.05, 0) is 51.3 Å². The van der Waals surface area contributed by atoms with Crippen molar-refractivity contribution in [3.05, 3.63) is 35.4 Å². The van der Waals surface area contributed by atoms with E-state index in [0.717, 1.165) is 36.7 Å². The van der Waals surface area contributed by atoms with Gasteiger partial charge in [0, 0.05) is 12.3 Å². The minimum Gasteiger partial charge on any atom is -0.461 e. The van der Waals surface area contributed by atoms with Crippen LogP contribution in [0.1, 0.15) is 49.0 Å². The van der Waals surface area contributed by atoms with Crippen molar-refractivity contribution in [2.24, 2.45) is 5.92 Å². The highest BCUT2D eigenvalue weighted by Crippen LogP contribution is 2.31. The molecule has 1 aromatic rings. The van der Waals surface area contributed by atoms with Gasteiger partial charge in [-0.3, -0.25) is 9.69 Å². The SMILES string of the molecule is CCC[C@@H]1C[C@@H](C(=O)N[C@@H]([C@H]2O[C@H](SCCOC(=O)c3ccccc3C)[C@H](O)[C@@H](O)[C@H]2O)[C@@H](C)O)N(C)C1. The summed E-state index contributed by atoms with van der Waals surface area (Å²) in [4.78, 5) is 27.5. The Kier molecular flexibility index (Phi) is 11.4. The van der Waals surface area contributed by atoms with Crippen LogP contribution in [0.3, 0.4) is 0 Å². The molecule has 0 spiro atoms. The number of nitrogens with one attached hydrogen (secondary N) is 1. The molecule has 38 heavy (non-hydrogen) atoms. The number of rotatable bonds is 11. The van der Waals surface area contributed by atoms with Crippen LogP contribution in [0.25, 0.3) is 0 Å². The van der Waals surface area contributed by atoms with Crippen molar-refractivity contribution in [3.63, 3.8) is 0 Å². The molecule has 214 valence electrons. The number of hydrogen-bond donors (Lipinski definition) is 5. The Hall–Kier alpha value is -1.73. The first-order valence-corrected chi connectivity index (χ1v) is 14.3. The third-order valence-electron chi connectivity index (χ3n) is 7.39. The maximum Gasteiger partial charge on any atom is 0.338 e. The summed E-state index contributed by atoms with van der Waals surface area (Å²) < 4.78 is 11.3. The number of esters is 1. The van der Waals surface area contributed by atoms with Crippen LogP contribution >= 0.6 is 11.8 Å². The van der Waals surface area contributed by atoms with Gasteiger partial charge in [0.05, 0.1) is 23.8 Å². The van der Waals surface area contributed by atoms with Crippen molar-refractivity contribution in [2.75, 3.05) is 26.0 Å². The van der Waals surface area contributed by atoms with Gasteiger partial charge in [-0.1, -0.05) is 31.5 Å². The summed E-state index contributed by atoms with van der Waals surface area (Å²) in [6.45, 7) is 6.25. The number of hydrogen-bond acceptors (Lipinski definition) is 10. The van der Waals surface area contributed by atoms with Crippen LogP contribution < -0.4 is 5.32 Å². The number of aliphatic hydroxyl groups is 4. The number of ether oxygens (including phenoxy) is 2. The van der Waals surface area contributed by atoms with Gasteiger partial charge in [0.1, 0.15) is 36.5 Å². The minimum absolute atomic E-state index is 0.0389. The van der Waals surface area contributed by atoms with E-state index in [4.69, 9.17) is 9.47 Å². The predicted molar refractivity (Wildman–Crippen MR) is 144 cm³/mol. The van der Waals surface area contributed by atoms with E-state index in [1.807, 2.05) is 31.0 Å². The highest BCUT2D eigenvalue weighted by atomic mass is 32.2. The second-order valence-electron chi connectivity index (χ2n) is 10.4. The Morgan fingerprint density at radius 3 is 2.58 bits per heavy atom. The van der Waals surface area contributed by atoms with Crippen molar-refractivity contribution in [1.82, 2.24) is 10.2 Å². The van der Waals surface area contributed by atoms with Crippen LogP contribution in [-0.4, -0.2) is 111 Å². The molecule has 1 amide bonds. The van der Waals surface area contributed by atoms with Gasteiger partial charge >= 0.3 is 5.97 Å². The van der Waals surface area contributed by atoms with Crippen molar-refractivity contribution < 1.29 is 39.5 Å². The molecule has 9 atom stereocenters. The summed E-state index contributed by atoms with van der Waals surface area (Å²) in [5.41, 5.74) is 0.290. The smallest absolute Gasteiger partial charge is 0.338 e. The van der Waals surface area contributed by atoms with E-state index >= 15 is 0 Å². The Balaban J connectivity index is 1.60. The molecule has 2 aliphatic heterocycles. The minimum atomic E-state index is -1.55. The first-order chi connectivity index (χ1) is 18.0. The molecular weight excluding hydrogens is 512 g/mol. The average molecular weight is 555 g/mol. The van der Waals surface area contributed by atoms with Crippen LogP contribution in [0.2, 0.25) is 0 Å². The van der Waals surface area contributed by atoms with E-state index in [1.165, 1.54) is 6.92 Å². The van der Waals surface area contributed by atoms with Gasteiger partial charge in [-0.2, -0.15) is 0 Å². The van der Waals surface area contributed by atoms with Crippen molar-refractivity contribution in [3.8, 4) is 0 Å². The van der Waals surface area contributed by atoms with Gasteiger partial charge in [0.2, 0.25) is 5.91 Å². The van der Waals surface area contributed by atoms with Gasteiger partial charge in [-0.25, -0.2) is 4.79 Å². The monoisotopic (exact) mass is 554 g/mol. The van der Waals surface area contributed by atoms with Crippen LogP contribution in [0.4, 0.5) is 0 Å². The van der Waals surface area contributed by atoms with Gasteiger partial charge in [-0.15, -0.1) is 11.8 Å². The van der Waals surface area contributed by atoms with Crippen LogP contribution in [-0.2, 0) is 14.3 Å². The molecule has 0 aliphatic carbocycles.